The molecule has 2 aromatic carbocycles. The number of benzene rings is 2. The summed E-state index contributed by atoms with van der Waals surface area (Å²) in [5, 5.41) is 3.11. The van der Waals surface area contributed by atoms with Gasteiger partial charge in [-0.25, -0.2) is 4.98 Å². The number of carbonyl (C=O) groups excluding carboxylic acids is 1. The number of aromatic nitrogens is 2. The van der Waals surface area contributed by atoms with Crippen LogP contribution in [-0.2, 0) is 18.3 Å². The molecule has 0 radical (unpaired) electrons. The number of hydrogen-bond acceptors (Lipinski definition) is 3. The molecule has 1 aromatic heterocycles. The van der Waals surface area contributed by atoms with Crippen LogP contribution in [0.25, 0.3) is 0 Å². The number of imidazole rings is 1. The lowest BCUT2D eigenvalue weighted by molar-refractivity contribution is -0.121. The number of nitrogens with two attached hydrogens (primary N) is 1. The lowest BCUT2D eigenvalue weighted by Crippen LogP contribution is -2.32. The minimum atomic E-state index is -0.290. The molecule has 0 aliphatic heterocycles. The lowest BCUT2D eigenvalue weighted by Gasteiger charge is -2.19. The molecule has 1 heterocycles. The Kier molecular flexibility index (Phi) is 4.84. The molecule has 0 spiro atoms. The molecule has 5 nitrogen and oxygen atoms in total. The van der Waals surface area contributed by atoms with E-state index in [0.717, 1.165) is 17.0 Å². The summed E-state index contributed by atoms with van der Waals surface area (Å²) in [5.74, 6) is 0.743. The molecule has 3 N–H and O–H groups in total. The zero-order valence-electron chi connectivity index (χ0n) is 14.4. The van der Waals surface area contributed by atoms with Gasteiger partial charge in [0, 0.05) is 25.1 Å². The summed E-state index contributed by atoms with van der Waals surface area (Å²) in [6.45, 7) is 2.04. The molecule has 1 unspecified atom stereocenters. The van der Waals surface area contributed by atoms with Crippen LogP contribution in [0.1, 0.15) is 28.6 Å². The molecule has 1 atom stereocenters. The summed E-state index contributed by atoms with van der Waals surface area (Å²) in [6, 6.07) is 15.2. The molecule has 1 amide bonds. The zero-order chi connectivity index (χ0) is 17.8. The molecule has 128 valence electrons. The van der Waals surface area contributed by atoms with Gasteiger partial charge in [-0.15, -0.1) is 0 Å². The molecule has 3 aromatic rings. The van der Waals surface area contributed by atoms with Gasteiger partial charge in [0.05, 0.1) is 6.42 Å². The number of nitrogens with one attached hydrogen (secondary N) is 1. The molecule has 0 fully saturated rings. The Labute approximate surface area is 147 Å². The monoisotopic (exact) mass is 334 g/mol. The van der Waals surface area contributed by atoms with E-state index >= 15 is 0 Å². The maximum atomic E-state index is 12.6. The van der Waals surface area contributed by atoms with E-state index in [9.17, 15) is 4.79 Å². The number of nitrogens with zero attached hydrogens (tertiary/aromatic N) is 2. The molecule has 0 aliphatic carbocycles. The highest BCUT2D eigenvalue weighted by molar-refractivity contribution is 5.79. The van der Waals surface area contributed by atoms with Crippen LogP contribution in [0.4, 0.5) is 5.69 Å². The Morgan fingerprint density at radius 1 is 1.16 bits per heavy atom. The van der Waals surface area contributed by atoms with E-state index < -0.39 is 0 Å². The fourth-order valence-electron chi connectivity index (χ4n) is 2.74. The van der Waals surface area contributed by atoms with Crippen molar-refractivity contribution < 1.29 is 4.79 Å². The van der Waals surface area contributed by atoms with Crippen LogP contribution in [0.15, 0.2) is 60.9 Å². The van der Waals surface area contributed by atoms with Crippen LogP contribution in [-0.4, -0.2) is 15.5 Å². The van der Waals surface area contributed by atoms with Gasteiger partial charge in [-0.1, -0.05) is 42.0 Å². The van der Waals surface area contributed by atoms with E-state index in [0.29, 0.717) is 12.1 Å². The Balaban J connectivity index is 1.82. The van der Waals surface area contributed by atoms with E-state index in [-0.39, 0.29) is 11.9 Å². The number of rotatable bonds is 5. The van der Waals surface area contributed by atoms with Crippen LogP contribution < -0.4 is 11.1 Å². The number of anilines is 1. The summed E-state index contributed by atoms with van der Waals surface area (Å²) in [4.78, 5) is 17.0. The largest absolute Gasteiger partial charge is 0.399 e. The number of nitrogen functional groups attached to an aromatic ring is 1. The second-order valence-electron chi connectivity index (χ2n) is 6.23. The van der Waals surface area contributed by atoms with Gasteiger partial charge in [-0.05, 0) is 30.2 Å². The molecule has 0 saturated carbocycles. The van der Waals surface area contributed by atoms with Crippen molar-refractivity contribution in [1.82, 2.24) is 14.9 Å². The Morgan fingerprint density at radius 3 is 2.44 bits per heavy atom. The highest BCUT2D eigenvalue weighted by Gasteiger charge is 2.20. The van der Waals surface area contributed by atoms with Crippen molar-refractivity contribution in [2.75, 3.05) is 5.73 Å². The van der Waals surface area contributed by atoms with Crippen molar-refractivity contribution in [2.24, 2.45) is 7.05 Å². The highest BCUT2D eigenvalue weighted by Crippen LogP contribution is 2.21. The number of amides is 1. The van der Waals surface area contributed by atoms with Gasteiger partial charge in [0.2, 0.25) is 5.91 Å². The molecule has 0 saturated heterocycles. The van der Waals surface area contributed by atoms with Crippen LogP contribution in [0.5, 0.6) is 0 Å². The first-order chi connectivity index (χ1) is 12.0. The smallest absolute Gasteiger partial charge is 0.225 e. The van der Waals surface area contributed by atoms with Crippen molar-refractivity contribution >= 4 is 11.6 Å². The fourth-order valence-corrected chi connectivity index (χ4v) is 2.74. The Hall–Kier alpha value is -3.08. The SMILES string of the molecule is Cc1ccc(C(NC(=O)Cc2ccc(N)cc2)c2nccn2C)cc1. The van der Waals surface area contributed by atoms with E-state index in [2.05, 4.69) is 10.3 Å². The van der Waals surface area contributed by atoms with Gasteiger partial charge < -0.3 is 15.6 Å². The molecule has 5 heteroatoms. The first-order valence-electron chi connectivity index (χ1n) is 8.20. The topological polar surface area (TPSA) is 72.9 Å². The maximum absolute atomic E-state index is 12.6. The van der Waals surface area contributed by atoms with Crippen molar-refractivity contribution in [1.29, 1.82) is 0 Å². The minimum Gasteiger partial charge on any atom is -0.399 e. The molecular weight excluding hydrogens is 312 g/mol. The van der Waals surface area contributed by atoms with E-state index in [4.69, 9.17) is 5.73 Å². The molecule has 3 rings (SSSR count). The van der Waals surface area contributed by atoms with Crippen molar-refractivity contribution in [3.63, 3.8) is 0 Å². The first-order valence-corrected chi connectivity index (χ1v) is 8.20. The summed E-state index contributed by atoms with van der Waals surface area (Å²) in [5.41, 5.74) is 9.49. The summed E-state index contributed by atoms with van der Waals surface area (Å²) in [6.07, 6.45) is 3.92. The van der Waals surface area contributed by atoms with Crippen LogP contribution in [0.3, 0.4) is 0 Å². The number of aryl methyl sites for hydroxylation is 2. The summed E-state index contributed by atoms with van der Waals surface area (Å²) in [7, 11) is 1.93. The van der Waals surface area contributed by atoms with Crippen molar-refractivity contribution in [3.05, 3.63) is 83.4 Å². The third kappa shape index (κ3) is 4.07. The van der Waals surface area contributed by atoms with Gasteiger partial charge in [-0.2, -0.15) is 0 Å². The Bertz CT molecular complexity index is 850. The third-order valence-corrected chi connectivity index (χ3v) is 4.18. The van der Waals surface area contributed by atoms with Crippen molar-refractivity contribution in [3.8, 4) is 0 Å². The molecular formula is C20H22N4O. The quantitative estimate of drug-likeness (QED) is 0.705. The number of hydrogen-bond donors (Lipinski definition) is 2. The molecule has 25 heavy (non-hydrogen) atoms. The van der Waals surface area contributed by atoms with E-state index in [1.165, 1.54) is 5.56 Å². The average molecular weight is 334 g/mol. The van der Waals surface area contributed by atoms with Crippen molar-refractivity contribution in [2.45, 2.75) is 19.4 Å². The van der Waals surface area contributed by atoms with Gasteiger partial charge in [-0.3, -0.25) is 4.79 Å². The normalized spacial score (nSPS) is 11.9. The maximum Gasteiger partial charge on any atom is 0.225 e. The van der Waals surface area contributed by atoms with Gasteiger partial charge in [0.25, 0.3) is 0 Å². The third-order valence-electron chi connectivity index (χ3n) is 4.18. The number of carbonyl (C=O) groups is 1. The summed E-state index contributed by atoms with van der Waals surface area (Å²) < 4.78 is 1.92. The van der Waals surface area contributed by atoms with Crippen LogP contribution in [0.2, 0.25) is 0 Å². The average Bonchev–Trinajstić information content (AvgIpc) is 3.01. The van der Waals surface area contributed by atoms with Crippen LogP contribution >= 0.6 is 0 Å². The second-order valence-corrected chi connectivity index (χ2v) is 6.23. The minimum absolute atomic E-state index is 0.0571. The van der Waals surface area contributed by atoms with E-state index in [1.54, 1.807) is 18.3 Å². The first kappa shape index (κ1) is 16.8. The van der Waals surface area contributed by atoms with Gasteiger partial charge in [0.15, 0.2) is 0 Å². The zero-order valence-corrected chi connectivity index (χ0v) is 14.4. The fraction of sp³-hybridized carbons (Fsp3) is 0.200. The van der Waals surface area contributed by atoms with Crippen LogP contribution in [0, 0.1) is 6.92 Å². The predicted octanol–water partition coefficient (Wildman–Crippen LogP) is 2.76. The predicted molar refractivity (Wildman–Crippen MR) is 98.9 cm³/mol. The Morgan fingerprint density at radius 2 is 1.84 bits per heavy atom. The lowest BCUT2D eigenvalue weighted by atomic mass is 10.0. The van der Waals surface area contributed by atoms with E-state index in [1.807, 2.05) is 61.1 Å². The van der Waals surface area contributed by atoms with Gasteiger partial charge in [0.1, 0.15) is 11.9 Å². The highest BCUT2D eigenvalue weighted by atomic mass is 16.1. The second kappa shape index (κ2) is 7.21. The van der Waals surface area contributed by atoms with Gasteiger partial charge >= 0.3 is 0 Å². The standard InChI is InChI=1S/C20H22N4O/c1-14-3-7-16(8-4-14)19(20-22-11-12-24(20)2)23-18(25)13-15-5-9-17(21)10-6-15/h3-12,19H,13,21H2,1-2H3,(H,23,25). The molecule has 0 bridgehead atoms. The molecule has 0 aliphatic rings. The summed E-state index contributed by atoms with van der Waals surface area (Å²) >= 11 is 0.